The lowest BCUT2D eigenvalue weighted by molar-refractivity contribution is -0.122. The predicted octanol–water partition coefficient (Wildman–Crippen LogP) is 2.29. The van der Waals surface area contributed by atoms with Crippen LogP contribution in [-0.2, 0) is 18.9 Å². The molecule has 1 heterocycles. The third-order valence-corrected chi connectivity index (χ3v) is 4.28. The molecule has 1 amide bonds. The number of methoxy groups -OCH3 is 1. The Morgan fingerprint density at radius 1 is 1.00 bits per heavy atom. The number of aromatic nitrogens is 2. The lowest BCUT2D eigenvalue weighted by Crippen LogP contribution is -2.30. The highest BCUT2D eigenvalue weighted by atomic mass is 16.5. The van der Waals surface area contributed by atoms with Gasteiger partial charge in [0.15, 0.2) is 6.10 Å². The van der Waals surface area contributed by atoms with Crippen LogP contribution in [0.4, 0.5) is 5.69 Å². The molecule has 7 heteroatoms. The summed E-state index contributed by atoms with van der Waals surface area (Å²) < 4.78 is 13.9. The second kappa shape index (κ2) is 6.95. The summed E-state index contributed by atoms with van der Waals surface area (Å²) in [5, 5.41) is 2.82. The molecule has 0 saturated carbocycles. The standard InChI is InChI=1S/C19H21N3O4/c1-12(26-15-8-6-14(25-4)7-9-15)18(23)20-13-5-10-16-17(11-13)22(3)19(24)21(16)2/h5-12H,1-4H3,(H,20,23)/t12-/m0/s1. The van der Waals surface area contributed by atoms with Crippen molar-refractivity contribution in [2.45, 2.75) is 13.0 Å². The smallest absolute Gasteiger partial charge is 0.328 e. The van der Waals surface area contributed by atoms with Crippen LogP contribution in [0.25, 0.3) is 11.0 Å². The van der Waals surface area contributed by atoms with Crippen molar-refractivity contribution in [1.82, 2.24) is 9.13 Å². The van der Waals surface area contributed by atoms with E-state index in [2.05, 4.69) is 5.32 Å². The second-order valence-electron chi connectivity index (χ2n) is 6.03. The monoisotopic (exact) mass is 355 g/mol. The van der Waals surface area contributed by atoms with Crippen molar-refractivity contribution in [3.8, 4) is 11.5 Å². The highest BCUT2D eigenvalue weighted by Crippen LogP contribution is 2.20. The van der Waals surface area contributed by atoms with Crippen LogP contribution >= 0.6 is 0 Å². The van der Waals surface area contributed by atoms with Gasteiger partial charge >= 0.3 is 5.69 Å². The lowest BCUT2D eigenvalue weighted by atomic mass is 10.2. The Morgan fingerprint density at radius 2 is 1.62 bits per heavy atom. The molecule has 0 aliphatic rings. The summed E-state index contributed by atoms with van der Waals surface area (Å²) >= 11 is 0. The third kappa shape index (κ3) is 3.28. The van der Waals surface area contributed by atoms with E-state index in [1.54, 1.807) is 79.7 Å². The van der Waals surface area contributed by atoms with Gasteiger partial charge in [0.2, 0.25) is 0 Å². The van der Waals surface area contributed by atoms with Crippen molar-refractivity contribution in [2.75, 3.05) is 12.4 Å². The number of rotatable bonds is 5. The number of hydrogen-bond acceptors (Lipinski definition) is 4. The maximum Gasteiger partial charge on any atom is 0.328 e. The van der Waals surface area contributed by atoms with E-state index in [1.165, 1.54) is 0 Å². The Balaban J connectivity index is 1.73. The lowest BCUT2D eigenvalue weighted by Gasteiger charge is -2.15. The first-order valence-electron chi connectivity index (χ1n) is 8.17. The van der Waals surface area contributed by atoms with Crippen molar-refractivity contribution in [1.29, 1.82) is 0 Å². The van der Waals surface area contributed by atoms with Crippen LogP contribution in [-0.4, -0.2) is 28.3 Å². The number of imidazole rings is 1. The third-order valence-electron chi connectivity index (χ3n) is 4.28. The Labute approximate surface area is 150 Å². The molecule has 2 aromatic carbocycles. The normalized spacial score (nSPS) is 12.0. The Bertz CT molecular complexity index is 1000. The number of anilines is 1. The molecule has 1 aromatic heterocycles. The number of benzene rings is 2. The van der Waals surface area contributed by atoms with Crippen molar-refractivity contribution >= 4 is 22.6 Å². The minimum atomic E-state index is -0.682. The molecule has 0 aliphatic heterocycles. The number of amides is 1. The van der Waals surface area contributed by atoms with E-state index in [0.717, 1.165) is 16.8 Å². The fraction of sp³-hybridized carbons (Fsp3) is 0.263. The molecular weight excluding hydrogens is 334 g/mol. The van der Waals surface area contributed by atoms with Gasteiger partial charge in [-0.1, -0.05) is 0 Å². The van der Waals surface area contributed by atoms with E-state index in [1.807, 2.05) is 0 Å². The summed E-state index contributed by atoms with van der Waals surface area (Å²) in [6, 6.07) is 12.4. The van der Waals surface area contributed by atoms with Crippen LogP contribution in [0.15, 0.2) is 47.3 Å². The summed E-state index contributed by atoms with van der Waals surface area (Å²) in [4.78, 5) is 24.4. The first kappa shape index (κ1) is 17.6. The van der Waals surface area contributed by atoms with E-state index in [4.69, 9.17) is 9.47 Å². The molecule has 0 bridgehead atoms. The average Bonchev–Trinajstić information content (AvgIpc) is 2.86. The summed E-state index contributed by atoms with van der Waals surface area (Å²) in [6.07, 6.45) is -0.682. The zero-order valence-electron chi connectivity index (χ0n) is 15.1. The van der Waals surface area contributed by atoms with E-state index in [-0.39, 0.29) is 11.6 Å². The first-order valence-corrected chi connectivity index (χ1v) is 8.17. The van der Waals surface area contributed by atoms with Gasteiger partial charge in [0.05, 0.1) is 18.1 Å². The molecule has 3 aromatic rings. The SMILES string of the molecule is COc1ccc(O[C@@H](C)C(=O)Nc2ccc3c(c2)n(C)c(=O)n3C)cc1. The molecule has 0 spiro atoms. The van der Waals surface area contributed by atoms with E-state index >= 15 is 0 Å². The molecule has 26 heavy (non-hydrogen) atoms. The van der Waals surface area contributed by atoms with Gasteiger partial charge in [0.1, 0.15) is 11.5 Å². The van der Waals surface area contributed by atoms with Gasteiger partial charge in [-0.15, -0.1) is 0 Å². The summed E-state index contributed by atoms with van der Waals surface area (Å²) in [5.41, 5.74) is 2.05. The molecule has 0 unspecified atom stereocenters. The molecular formula is C19H21N3O4. The average molecular weight is 355 g/mol. The number of carbonyl (C=O) groups is 1. The summed E-state index contributed by atoms with van der Waals surface area (Å²) in [7, 11) is 5.00. The zero-order chi connectivity index (χ0) is 18.8. The van der Waals surface area contributed by atoms with Gasteiger partial charge in [-0.3, -0.25) is 13.9 Å². The van der Waals surface area contributed by atoms with Gasteiger partial charge in [-0.05, 0) is 49.4 Å². The van der Waals surface area contributed by atoms with Gasteiger partial charge in [-0.2, -0.15) is 0 Å². The number of hydrogen-bond donors (Lipinski definition) is 1. The van der Waals surface area contributed by atoms with Crippen LogP contribution < -0.4 is 20.5 Å². The highest BCUT2D eigenvalue weighted by molar-refractivity contribution is 5.95. The molecule has 0 aliphatic carbocycles. The number of aryl methyl sites for hydroxylation is 2. The predicted molar refractivity (Wildman–Crippen MR) is 99.9 cm³/mol. The van der Waals surface area contributed by atoms with Gasteiger partial charge in [-0.25, -0.2) is 4.79 Å². The van der Waals surface area contributed by atoms with Gasteiger partial charge < -0.3 is 14.8 Å². The fourth-order valence-corrected chi connectivity index (χ4v) is 2.74. The Hall–Kier alpha value is -3.22. The molecule has 1 atom stereocenters. The fourth-order valence-electron chi connectivity index (χ4n) is 2.74. The van der Waals surface area contributed by atoms with Gasteiger partial charge in [0.25, 0.3) is 5.91 Å². The van der Waals surface area contributed by atoms with Gasteiger partial charge in [0, 0.05) is 19.8 Å². The minimum absolute atomic E-state index is 0.111. The molecule has 7 nitrogen and oxygen atoms in total. The van der Waals surface area contributed by atoms with Crippen LogP contribution in [0.5, 0.6) is 11.5 Å². The van der Waals surface area contributed by atoms with Crippen LogP contribution in [0, 0.1) is 0 Å². The van der Waals surface area contributed by atoms with Crippen LogP contribution in [0.2, 0.25) is 0 Å². The number of nitrogens with one attached hydrogen (secondary N) is 1. The Morgan fingerprint density at radius 3 is 2.27 bits per heavy atom. The van der Waals surface area contributed by atoms with Crippen molar-refractivity contribution in [3.63, 3.8) is 0 Å². The number of fused-ring (bicyclic) bond motifs is 1. The topological polar surface area (TPSA) is 74.5 Å². The Kier molecular flexibility index (Phi) is 4.71. The van der Waals surface area contributed by atoms with Crippen LogP contribution in [0.3, 0.4) is 0 Å². The second-order valence-corrected chi connectivity index (χ2v) is 6.03. The summed E-state index contributed by atoms with van der Waals surface area (Å²) in [6.45, 7) is 1.68. The molecule has 0 fully saturated rings. The molecule has 0 radical (unpaired) electrons. The molecule has 136 valence electrons. The van der Waals surface area contributed by atoms with E-state index in [9.17, 15) is 9.59 Å². The number of carbonyl (C=O) groups excluding carboxylic acids is 1. The van der Waals surface area contributed by atoms with E-state index < -0.39 is 6.10 Å². The zero-order valence-corrected chi connectivity index (χ0v) is 15.1. The molecule has 3 rings (SSSR count). The van der Waals surface area contributed by atoms with E-state index in [0.29, 0.717) is 11.4 Å². The maximum atomic E-state index is 12.4. The number of ether oxygens (including phenoxy) is 2. The highest BCUT2D eigenvalue weighted by Gasteiger charge is 2.16. The largest absolute Gasteiger partial charge is 0.497 e. The number of nitrogens with zero attached hydrogens (tertiary/aromatic N) is 2. The summed E-state index contributed by atoms with van der Waals surface area (Å²) in [5.74, 6) is 1.02. The molecule has 0 saturated heterocycles. The quantitative estimate of drug-likeness (QED) is 0.762. The van der Waals surface area contributed by atoms with Crippen molar-refractivity contribution < 1.29 is 14.3 Å². The van der Waals surface area contributed by atoms with Crippen molar-refractivity contribution in [3.05, 3.63) is 52.9 Å². The minimum Gasteiger partial charge on any atom is -0.497 e. The first-order chi connectivity index (χ1) is 12.4. The molecule has 1 N–H and O–H groups in total. The van der Waals surface area contributed by atoms with Crippen LogP contribution in [0.1, 0.15) is 6.92 Å². The van der Waals surface area contributed by atoms with Crippen molar-refractivity contribution in [2.24, 2.45) is 14.1 Å². The maximum absolute atomic E-state index is 12.4.